The lowest BCUT2D eigenvalue weighted by atomic mass is 10.0. The molecule has 2 N–H and O–H groups in total. The average Bonchev–Trinajstić information content (AvgIpc) is 3.65. The fourth-order valence-corrected chi connectivity index (χ4v) is 5.35. The number of hydrogen-bond donors (Lipinski definition) is 2. The molecule has 188 valence electrons. The molecule has 2 saturated heterocycles. The summed E-state index contributed by atoms with van der Waals surface area (Å²) < 4.78 is 13.5. The zero-order valence-corrected chi connectivity index (χ0v) is 21.1. The van der Waals surface area contributed by atoms with E-state index in [1.807, 2.05) is 42.5 Å². The number of pyridine rings is 1. The first-order valence-corrected chi connectivity index (χ1v) is 12.7. The van der Waals surface area contributed by atoms with Gasteiger partial charge in [-0.05, 0) is 61.5 Å². The van der Waals surface area contributed by atoms with Gasteiger partial charge in [-0.15, -0.1) is 0 Å². The fraction of sp³-hybridized carbons (Fsp3) is 0.370. The minimum Gasteiger partial charge on any atom is -0.495 e. The van der Waals surface area contributed by atoms with Gasteiger partial charge in [-0.25, -0.2) is 0 Å². The standard InChI is InChI=1S/C27H31N5O3S/c1-34-23-12-3-2-9-20(23)29-24(33)13-16-32-26(25(30-27(32)36)21-10-4-5-14-28-21)22-11-6-15-31(22)18-19-8-7-17-35-19/h2-6,9-12,14-15,19,25-26H,7-8,13,16-18H2,1H3,(H,29,33)(H,30,36)/t19-,25-,26+/m1/s1. The smallest absolute Gasteiger partial charge is 0.226 e. The van der Waals surface area contributed by atoms with Crippen molar-refractivity contribution in [2.45, 2.75) is 44.0 Å². The fourth-order valence-electron chi connectivity index (χ4n) is 5.02. The SMILES string of the molecule is COc1ccccc1NC(=O)CCN1C(=S)N[C@H](c2ccccn2)[C@@H]1c1cccn1C[C@H]1CCCO1. The van der Waals surface area contributed by atoms with Gasteiger partial charge in [0.05, 0.1) is 36.7 Å². The zero-order valence-electron chi connectivity index (χ0n) is 20.3. The van der Waals surface area contributed by atoms with Crippen LogP contribution in [0.15, 0.2) is 67.0 Å². The summed E-state index contributed by atoms with van der Waals surface area (Å²) in [6.07, 6.45) is 6.55. The number of ether oxygens (including phenoxy) is 2. The lowest BCUT2D eigenvalue weighted by Crippen LogP contribution is -2.33. The summed E-state index contributed by atoms with van der Waals surface area (Å²) in [4.78, 5) is 19.6. The number of benzene rings is 1. The Morgan fingerprint density at radius 3 is 2.86 bits per heavy atom. The Kier molecular flexibility index (Phi) is 7.48. The van der Waals surface area contributed by atoms with E-state index in [1.165, 1.54) is 0 Å². The number of carbonyl (C=O) groups excluding carboxylic acids is 1. The number of anilines is 1. The van der Waals surface area contributed by atoms with Crippen LogP contribution >= 0.6 is 12.2 Å². The normalized spacial score (nSPS) is 21.4. The van der Waals surface area contributed by atoms with Crippen molar-refractivity contribution in [2.24, 2.45) is 0 Å². The van der Waals surface area contributed by atoms with E-state index in [9.17, 15) is 4.79 Å². The van der Waals surface area contributed by atoms with Crippen LogP contribution < -0.4 is 15.4 Å². The van der Waals surface area contributed by atoms with E-state index in [0.717, 1.165) is 37.4 Å². The Morgan fingerprint density at radius 1 is 1.22 bits per heavy atom. The molecule has 0 spiro atoms. The minimum atomic E-state index is -0.130. The maximum absolute atomic E-state index is 12.9. The molecule has 5 rings (SSSR count). The van der Waals surface area contributed by atoms with Crippen molar-refractivity contribution >= 4 is 28.9 Å². The van der Waals surface area contributed by atoms with Gasteiger partial charge in [0.15, 0.2) is 5.11 Å². The van der Waals surface area contributed by atoms with Crippen molar-refractivity contribution in [3.8, 4) is 5.75 Å². The molecule has 1 aromatic carbocycles. The molecule has 2 aliphatic heterocycles. The van der Waals surface area contributed by atoms with E-state index in [0.29, 0.717) is 23.1 Å². The van der Waals surface area contributed by atoms with Crippen LogP contribution in [0.5, 0.6) is 5.75 Å². The number of aromatic nitrogens is 2. The highest BCUT2D eigenvalue weighted by atomic mass is 32.1. The highest BCUT2D eigenvalue weighted by molar-refractivity contribution is 7.80. The van der Waals surface area contributed by atoms with Gasteiger partial charge in [0.2, 0.25) is 5.91 Å². The van der Waals surface area contributed by atoms with Crippen LogP contribution in [0.2, 0.25) is 0 Å². The maximum atomic E-state index is 12.9. The number of nitrogens with one attached hydrogen (secondary N) is 2. The first-order chi connectivity index (χ1) is 17.6. The number of carbonyl (C=O) groups is 1. The molecule has 8 nitrogen and oxygen atoms in total. The molecular formula is C27H31N5O3S. The van der Waals surface area contributed by atoms with Gasteiger partial charge in [-0.3, -0.25) is 9.78 Å². The number of hydrogen-bond acceptors (Lipinski definition) is 5. The lowest BCUT2D eigenvalue weighted by molar-refractivity contribution is -0.116. The monoisotopic (exact) mass is 505 g/mol. The molecule has 0 aliphatic carbocycles. The van der Waals surface area contributed by atoms with Crippen LogP contribution in [-0.2, 0) is 16.1 Å². The van der Waals surface area contributed by atoms with Crippen molar-refractivity contribution in [3.05, 3.63) is 78.4 Å². The van der Waals surface area contributed by atoms with Crippen LogP contribution in [0.4, 0.5) is 5.69 Å². The Balaban J connectivity index is 1.37. The van der Waals surface area contributed by atoms with Crippen LogP contribution in [0.25, 0.3) is 0 Å². The molecule has 36 heavy (non-hydrogen) atoms. The number of thiocarbonyl (C=S) groups is 1. The van der Waals surface area contributed by atoms with Crippen LogP contribution in [0.1, 0.15) is 42.7 Å². The third kappa shape index (κ3) is 5.22. The highest BCUT2D eigenvalue weighted by Crippen LogP contribution is 2.39. The number of rotatable bonds is 9. The van der Waals surface area contributed by atoms with Gasteiger partial charge in [0.1, 0.15) is 5.75 Å². The molecule has 0 saturated carbocycles. The van der Waals surface area contributed by atoms with E-state index in [4.69, 9.17) is 21.7 Å². The quantitative estimate of drug-likeness (QED) is 0.424. The predicted octanol–water partition coefficient (Wildman–Crippen LogP) is 4.07. The molecule has 0 radical (unpaired) electrons. The summed E-state index contributed by atoms with van der Waals surface area (Å²) >= 11 is 5.78. The van der Waals surface area contributed by atoms with E-state index in [-0.39, 0.29) is 30.5 Å². The minimum absolute atomic E-state index is 0.0999. The van der Waals surface area contributed by atoms with Gasteiger partial charge < -0.3 is 29.6 Å². The van der Waals surface area contributed by atoms with Gasteiger partial charge >= 0.3 is 0 Å². The first kappa shape index (κ1) is 24.3. The van der Waals surface area contributed by atoms with Crippen molar-refractivity contribution in [1.82, 2.24) is 19.8 Å². The molecule has 2 aromatic heterocycles. The molecular weight excluding hydrogens is 474 g/mol. The van der Waals surface area contributed by atoms with E-state index < -0.39 is 0 Å². The topological polar surface area (TPSA) is 80.7 Å². The van der Waals surface area contributed by atoms with Crippen LogP contribution in [-0.4, -0.2) is 51.8 Å². The van der Waals surface area contributed by atoms with Crippen molar-refractivity contribution < 1.29 is 14.3 Å². The third-order valence-corrected chi connectivity index (χ3v) is 7.10. The van der Waals surface area contributed by atoms with Crippen LogP contribution in [0, 0.1) is 0 Å². The zero-order chi connectivity index (χ0) is 24.9. The molecule has 2 fully saturated rings. The summed E-state index contributed by atoms with van der Waals surface area (Å²) in [5.41, 5.74) is 2.69. The Labute approximate surface area is 216 Å². The van der Waals surface area contributed by atoms with Crippen molar-refractivity contribution in [2.75, 3.05) is 25.6 Å². The number of amides is 1. The number of nitrogens with zero attached hydrogens (tertiary/aromatic N) is 3. The lowest BCUT2D eigenvalue weighted by Gasteiger charge is -2.29. The molecule has 9 heteroatoms. The molecule has 0 bridgehead atoms. The summed E-state index contributed by atoms with van der Waals surface area (Å²) in [5, 5.41) is 7.05. The average molecular weight is 506 g/mol. The molecule has 1 amide bonds. The van der Waals surface area contributed by atoms with E-state index in [1.54, 1.807) is 13.3 Å². The summed E-state index contributed by atoms with van der Waals surface area (Å²) in [7, 11) is 1.59. The number of para-hydroxylation sites is 2. The van der Waals surface area contributed by atoms with Gasteiger partial charge in [0.25, 0.3) is 0 Å². The number of methoxy groups -OCH3 is 1. The van der Waals surface area contributed by atoms with Crippen molar-refractivity contribution in [3.63, 3.8) is 0 Å². The Hall–Kier alpha value is -3.43. The third-order valence-electron chi connectivity index (χ3n) is 6.75. The van der Waals surface area contributed by atoms with Gasteiger partial charge in [0, 0.05) is 44.2 Å². The van der Waals surface area contributed by atoms with Crippen LogP contribution in [0.3, 0.4) is 0 Å². The Bertz CT molecular complexity index is 1190. The second-order valence-electron chi connectivity index (χ2n) is 9.04. The maximum Gasteiger partial charge on any atom is 0.226 e. The summed E-state index contributed by atoms with van der Waals surface area (Å²) in [6, 6.07) is 17.3. The second-order valence-corrected chi connectivity index (χ2v) is 9.43. The molecule has 2 aliphatic rings. The molecule has 4 heterocycles. The van der Waals surface area contributed by atoms with E-state index >= 15 is 0 Å². The first-order valence-electron chi connectivity index (χ1n) is 12.3. The predicted molar refractivity (Wildman–Crippen MR) is 142 cm³/mol. The summed E-state index contributed by atoms with van der Waals surface area (Å²) in [5.74, 6) is 0.529. The Morgan fingerprint density at radius 2 is 2.08 bits per heavy atom. The van der Waals surface area contributed by atoms with Gasteiger partial charge in [-0.2, -0.15) is 0 Å². The van der Waals surface area contributed by atoms with E-state index in [2.05, 4.69) is 43.4 Å². The second kappa shape index (κ2) is 11.1. The largest absolute Gasteiger partial charge is 0.495 e. The summed E-state index contributed by atoms with van der Waals surface area (Å²) in [6.45, 7) is 2.08. The molecule has 3 atom stereocenters. The highest BCUT2D eigenvalue weighted by Gasteiger charge is 2.41. The van der Waals surface area contributed by atoms with Gasteiger partial charge in [-0.1, -0.05) is 18.2 Å². The molecule has 3 aromatic rings. The van der Waals surface area contributed by atoms with Crippen molar-refractivity contribution in [1.29, 1.82) is 0 Å². The molecule has 0 unspecified atom stereocenters.